The first kappa shape index (κ1) is 12.2. The van der Waals surface area contributed by atoms with E-state index in [1.165, 1.54) is 44.9 Å². The molecule has 0 aliphatic heterocycles. The molecule has 2 saturated carbocycles. The predicted molar refractivity (Wildman–Crippen MR) is 74.5 cm³/mol. The highest BCUT2D eigenvalue weighted by Gasteiger charge is 2.27. The van der Waals surface area contributed by atoms with Crippen molar-refractivity contribution in [2.75, 3.05) is 5.43 Å². The molecule has 0 atom stereocenters. The van der Waals surface area contributed by atoms with Crippen LogP contribution in [0.25, 0.3) is 0 Å². The summed E-state index contributed by atoms with van der Waals surface area (Å²) < 4.78 is 0. The normalized spacial score (nSPS) is 20.9. The maximum atomic E-state index is 5.49. The average Bonchev–Trinajstić information content (AvgIpc) is 3.24. The van der Waals surface area contributed by atoms with Crippen molar-refractivity contribution >= 4 is 17.6 Å². The summed E-state index contributed by atoms with van der Waals surface area (Å²) in [6, 6.07) is 1.98. The predicted octanol–water partition coefficient (Wildman–Crippen LogP) is 3.06. The molecule has 2 aliphatic carbocycles. The molecule has 0 unspecified atom stereocenters. The van der Waals surface area contributed by atoms with Gasteiger partial charge in [0, 0.05) is 17.2 Å². The summed E-state index contributed by atoms with van der Waals surface area (Å²) in [7, 11) is 0. The molecule has 3 rings (SSSR count). The number of nitrogens with one attached hydrogen (secondary N) is 1. The van der Waals surface area contributed by atoms with Crippen LogP contribution in [0.5, 0.6) is 0 Å². The van der Waals surface area contributed by atoms with Gasteiger partial charge >= 0.3 is 0 Å². The van der Waals surface area contributed by atoms with Crippen LogP contribution in [-0.4, -0.2) is 15.2 Å². The molecular formula is C13H20N4S. The van der Waals surface area contributed by atoms with Crippen molar-refractivity contribution in [3.63, 3.8) is 0 Å². The third-order valence-electron chi connectivity index (χ3n) is 3.65. The van der Waals surface area contributed by atoms with E-state index in [0.717, 1.165) is 21.9 Å². The van der Waals surface area contributed by atoms with E-state index in [1.54, 1.807) is 0 Å². The zero-order valence-electron chi connectivity index (χ0n) is 10.6. The molecular weight excluding hydrogens is 244 g/mol. The Labute approximate surface area is 112 Å². The fourth-order valence-electron chi connectivity index (χ4n) is 2.45. The molecule has 18 heavy (non-hydrogen) atoms. The quantitative estimate of drug-likeness (QED) is 0.497. The topological polar surface area (TPSA) is 63.8 Å². The van der Waals surface area contributed by atoms with E-state index in [9.17, 15) is 0 Å². The van der Waals surface area contributed by atoms with Gasteiger partial charge in [0.1, 0.15) is 16.7 Å². The molecule has 1 aromatic rings. The van der Waals surface area contributed by atoms with Gasteiger partial charge in [-0.25, -0.2) is 15.8 Å². The summed E-state index contributed by atoms with van der Waals surface area (Å²) in [4.78, 5) is 9.14. The second-order valence-electron chi connectivity index (χ2n) is 5.25. The van der Waals surface area contributed by atoms with Gasteiger partial charge in [0.05, 0.1) is 0 Å². The Morgan fingerprint density at radius 1 is 1.11 bits per heavy atom. The number of thioether (sulfide) groups is 1. The Balaban J connectivity index is 1.74. The molecule has 0 bridgehead atoms. The van der Waals surface area contributed by atoms with Crippen molar-refractivity contribution in [2.45, 2.75) is 61.1 Å². The number of nitrogens with two attached hydrogens (primary N) is 1. The molecule has 0 spiro atoms. The zero-order chi connectivity index (χ0) is 12.4. The molecule has 1 heterocycles. The minimum absolute atomic E-state index is 0.573. The monoisotopic (exact) mass is 264 g/mol. The first-order chi connectivity index (χ1) is 8.85. The average molecular weight is 264 g/mol. The number of nitrogens with zero attached hydrogens (tertiary/aromatic N) is 2. The van der Waals surface area contributed by atoms with E-state index in [4.69, 9.17) is 10.8 Å². The fraction of sp³-hybridized carbons (Fsp3) is 0.692. The first-order valence-corrected chi connectivity index (χ1v) is 7.75. The second-order valence-corrected chi connectivity index (χ2v) is 6.57. The van der Waals surface area contributed by atoms with Crippen LogP contribution in [0.1, 0.15) is 56.7 Å². The Kier molecular flexibility index (Phi) is 3.70. The van der Waals surface area contributed by atoms with Gasteiger partial charge in [-0.15, -0.1) is 11.8 Å². The minimum atomic E-state index is 0.573. The van der Waals surface area contributed by atoms with Crippen LogP contribution in [0.3, 0.4) is 0 Å². The van der Waals surface area contributed by atoms with Crippen LogP contribution in [0.15, 0.2) is 11.1 Å². The van der Waals surface area contributed by atoms with Gasteiger partial charge in [-0.1, -0.05) is 19.3 Å². The van der Waals surface area contributed by atoms with Crippen LogP contribution >= 0.6 is 11.8 Å². The number of nitrogen functional groups attached to an aromatic ring is 1. The Bertz CT molecular complexity index is 413. The van der Waals surface area contributed by atoms with Gasteiger partial charge in [-0.2, -0.15) is 0 Å². The summed E-state index contributed by atoms with van der Waals surface area (Å²) >= 11 is 1.91. The lowest BCUT2D eigenvalue weighted by Crippen LogP contribution is -2.12. The van der Waals surface area contributed by atoms with Crippen molar-refractivity contribution in [3.05, 3.63) is 11.9 Å². The summed E-state index contributed by atoms with van der Waals surface area (Å²) in [5.41, 5.74) is 2.66. The number of hydrazine groups is 1. The van der Waals surface area contributed by atoms with Crippen LogP contribution in [-0.2, 0) is 0 Å². The molecule has 0 amide bonds. The van der Waals surface area contributed by atoms with E-state index in [0.29, 0.717) is 5.92 Å². The highest BCUT2D eigenvalue weighted by atomic mass is 32.2. The van der Waals surface area contributed by atoms with Crippen LogP contribution in [0.2, 0.25) is 0 Å². The Morgan fingerprint density at radius 2 is 1.89 bits per heavy atom. The van der Waals surface area contributed by atoms with Crippen LogP contribution in [0.4, 0.5) is 5.82 Å². The fourth-order valence-corrected chi connectivity index (χ4v) is 3.69. The largest absolute Gasteiger partial charge is 0.308 e. The molecule has 4 nitrogen and oxygen atoms in total. The van der Waals surface area contributed by atoms with Gasteiger partial charge < -0.3 is 5.43 Å². The third-order valence-corrected chi connectivity index (χ3v) is 4.91. The lowest BCUT2D eigenvalue weighted by Gasteiger charge is -2.20. The van der Waals surface area contributed by atoms with E-state index in [2.05, 4.69) is 10.4 Å². The van der Waals surface area contributed by atoms with Crippen molar-refractivity contribution in [2.24, 2.45) is 5.84 Å². The standard InChI is InChI=1S/C13H20N4S/c14-17-11-8-12(16-13(15-11)9-6-7-9)18-10-4-2-1-3-5-10/h8-10H,1-7,14H2,(H,15,16,17). The van der Waals surface area contributed by atoms with Gasteiger partial charge in [0.2, 0.25) is 0 Å². The highest BCUT2D eigenvalue weighted by molar-refractivity contribution is 7.99. The van der Waals surface area contributed by atoms with Gasteiger partial charge in [0.25, 0.3) is 0 Å². The van der Waals surface area contributed by atoms with E-state index in [-0.39, 0.29) is 0 Å². The number of rotatable bonds is 4. The number of hydrogen-bond acceptors (Lipinski definition) is 5. The van der Waals surface area contributed by atoms with E-state index in [1.807, 2.05) is 17.8 Å². The molecule has 0 aromatic carbocycles. The van der Waals surface area contributed by atoms with Gasteiger partial charge in [0.15, 0.2) is 0 Å². The second kappa shape index (κ2) is 5.45. The molecule has 2 aliphatic rings. The van der Waals surface area contributed by atoms with Gasteiger partial charge in [-0.3, -0.25) is 0 Å². The van der Waals surface area contributed by atoms with Crippen LogP contribution < -0.4 is 11.3 Å². The van der Waals surface area contributed by atoms with E-state index >= 15 is 0 Å². The molecule has 3 N–H and O–H groups in total. The lowest BCUT2D eigenvalue weighted by atomic mass is 10.0. The summed E-state index contributed by atoms with van der Waals surface area (Å²) in [5.74, 6) is 7.80. The first-order valence-electron chi connectivity index (χ1n) is 6.87. The summed E-state index contributed by atoms with van der Waals surface area (Å²) in [6.45, 7) is 0. The van der Waals surface area contributed by atoms with Crippen molar-refractivity contribution < 1.29 is 0 Å². The number of anilines is 1. The van der Waals surface area contributed by atoms with E-state index < -0.39 is 0 Å². The summed E-state index contributed by atoms with van der Waals surface area (Å²) in [6.07, 6.45) is 9.20. The summed E-state index contributed by atoms with van der Waals surface area (Å²) in [5, 5.41) is 1.82. The molecule has 1 aromatic heterocycles. The zero-order valence-corrected chi connectivity index (χ0v) is 11.4. The molecule has 5 heteroatoms. The van der Waals surface area contributed by atoms with Gasteiger partial charge in [-0.05, 0) is 25.7 Å². The van der Waals surface area contributed by atoms with Crippen molar-refractivity contribution in [1.29, 1.82) is 0 Å². The Morgan fingerprint density at radius 3 is 2.56 bits per heavy atom. The Hall–Kier alpha value is -0.810. The lowest BCUT2D eigenvalue weighted by molar-refractivity contribution is 0.515. The van der Waals surface area contributed by atoms with Crippen molar-refractivity contribution in [3.8, 4) is 0 Å². The highest BCUT2D eigenvalue weighted by Crippen LogP contribution is 2.40. The van der Waals surface area contributed by atoms with Crippen LogP contribution in [0, 0.1) is 0 Å². The molecule has 0 saturated heterocycles. The maximum Gasteiger partial charge on any atom is 0.144 e. The number of aromatic nitrogens is 2. The molecule has 2 fully saturated rings. The minimum Gasteiger partial charge on any atom is -0.308 e. The molecule has 0 radical (unpaired) electrons. The molecule has 98 valence electrons. The smallest absolute Gasteiger partial charge is 0.144 e. The number of hydrogen-bond donors (Lipinski definition) is 2. The SMILES string of the molecule is NNc1cc(SC2CCCCC2)nc(C2CC2)n1. The maximum absolute atomic E-state index is 5.49. The van der Waals surface area contributed by atoms with Crippen molar-refractivity contribution in [1.82, 2.24) is 9.97 Å². The third kappa shape index (κ3) is 2.95.